The molecule has 14 rings (SSSR count). The number of para-hydroxylation sites is 1. The molecule has 3 heterocycles. The summed E-state index contributed by atoms with van der Waals surface area (Å²) >= 11 is 0. The second kappa shape index (κ2) is 15.9. The van der Waals surface area contributed by atoms with Gasteiger partial charge in [0, 0.05) is 60.5 Å². The van der Waals surface area contributed by atoms with Crippen molar-refractivity contribution in [3.05, 3.63) is 242 Å². The van der Waals surface area contributed by atoms with Crippen molar-refractivity contribution in [2.45, 2.75) is 19.3 Å². The van der Waals surface area contributed by atoms with Gasteiger partial charge in [-0.1, -0.05) is 202 Å². The quantitative estimate of drug-likeness (QED) is 0.160. The Morgan fingerprint density at radius 1 is 0.380 bits per heavy atom. The molecule has 0 saturated heterocycles. The molecule has 10 aromatic carbocycles. The Bertz CT molecular complexity index is 4170. The summed E-state index contributed by atoms with van der Waals surface area (Å²) in [5, 5.41) is 4.56. The molecule has 0 bridgehead atoms. The van der Waals surface area contributed by atoms with E-state index in [0.717, 1.165) is 61.0 Å². The Morgan fingerprint density at radius 3 is 1.66 bits per heavy atom. The zero-order chi connectivity index (χ0) is 47.2. The van der Waals surface area contributed by atoms with Gasteiger partial charge in [-0.25, -0.2) is 15.0 Å². The van der Waals surface area contributed by atoms with Gasteiger partial charge in [0.15, 0.2) is 17.5 Å². The number of nitrogens with zero attached hydrogens (tertiary/aromatic N) is 4. The molecule has 1 aliphatic rings. The van der Waals surface area contributed by atoms with Crippen molar-refractivity contribution >= 4 is 43.7 Å². The van der Waals surface area contributed by atoms with Crippen molar-refractivity contribution in [3.8, 4) is 84.4 Å². The number of aromatic nitrogens is 4. The fourth-order valence-corrected chi connectivity index (χ4v) is 11.3. The Morgan fingerprint density at radius 2 is 0.958 bits per heavy atom. The Balaban J connectivity index is 0.969. The van der Waals surface area contributed by atoms with E-state index in [1.165, 1.54) is 60.8 Å². The standard InChI is InChI=1S/C66H44N4O/c1-66(2)56-32-16-15-29-51(56)59-60(66)52(42-21-9-4-10-22-42)40-55-53-38-45(41-19-7-3-8-20-41)33-35-57(53)70(61(55)59)48-34-36-58-54(39-48)50-31-18-30-49(62(50)71-58)46-27-17-28-47(37-46)65-68-63(43-23-11-5-12-24-43)67-64(69-65)44-25-13-6-14-26-44/h3-40H,1-2H3. The number of rotatable bonds is 7. The monoisotopic (exact) mass is 908 g/mol. The van der Waals surface area contributed by atoms with Crippen molar-refractivity contribution in [1.29, 1.82) is 0 Å². The summed E-state index contributed by atoms with van der Waals surface area (Å²) in [6, 6.07) is 82.0. The van der Waals surface area contributed by atoms with E-state index < -0.39 is 0 Å². The van der Waals surface area contributed by atoms with E-state index in [4.69, 9.17) is 19.4 Å². The lowest BCUT2D eigenvalue weighted by atomic mass is 9.78. The minimum Gasteiger partial charge on any atom is -0.455 e. The maximum atomic E-state index is 6.91. The molecule has 0 unspecified atom stereocenters. The highest BCUT2D eigenvalue weighted by Gasteiger charge is 2.40. The smallest absolute Gasteiger partial charge is 0.164 e. The van der Waals surface area contributed by atoms with Gasteiger partial charge in [0.1, 0.15) is 11.2 Å². The molecule has 3 aromatic heterocycles. The molecule has 334 valence electrons. The molecule has 13 aromatic rings. The number of benzene rings is 10. The molecule has 0 spiro atoms. The molecule has 71 heavy (non-hydrogen) atoms. The molecule has 5 nitrogen and oxygen atoms in total. The van der Waals surface area contributed by atoms with E-state index >= 15 is 0 Å². The lowest BCUT2D eigenvalue weighted by Gasteiger charge is -2.25. The largest absolute Gasteiger partial charge is 0.455 e. The van der Waals surface area contributed by atoms with Gasteiger partial charge in [-0.3, -0.25) is 0 Å². The highest BCUT2D eigenvalue weighted by molar-refractivity contribution is 6.19. The van der Waals surface area contributed by atoms with Crippen LogP contribution in [0.15, 0.2) is 235 Å². The number of hydrogen-bond acceptors (Lipinski definition) is 4. The van der Waals surface area contributed by atoms with E-state index in [-0.39, 0.29) is 5.41 Å². The van der Waals surface area contributed by atoms with Gasteiger partial charge in [-0.2, -0.15) is 0 Å². The first kappa shape index (κ1) is 40.8. The van der Waals surface area contributed by atoms with E-state index in [0.29, 0.717) is 17.5 Å². The van der Waals surface area contributed by atoms with Crippen LogP contribution in [0.25, 0.3) is 128 Å². The van der Waals surface area contributed by atoms with Gasteiger partial charge < -0.3 is 8.98 Å². The van der Waals surface area contributed by atoms with Crippen LogP contribution in [-0.4, -0.2) is 19.5 Å². The van der Waals surface area contributed by atoms with Crippen LogP contribution in [0.4, 0.5) is 0 Å². The SMILES string of the molecule is CC1(C)c2ccccc2-c2c1c(-c1ccccc1)cc1c3cc(-c4ccccc4)ccc3n(-c3ccc4oc5c(-c6cccc(-c7nc(-c8ccccc8)nc(-c8ccccc8)n7)c6)cccc5c4c3)c21. The fraction of sp³-hybridized carbons (Fsp3) is 0.0455. The van der Waals surface area contributed by atoms with Crippen LogP contribution >= 0.6 is 0 Å². The third-order valence-electron chi connectivity index (χ3n) is 14.6. The molecule has 0 aliphatic heterocycles. The van der Waals surface area contributed by atoms with Crippen molar-refractivity contribution in [2.24, 2.45) is 0 Å². The summed E-state index contributed by atoms with van der Waals surface area (Å²) in [6.07, 6.45) is 0. The zero-order valence-corrected chi connectivity index (χ0v) is 39.1. The summed E-state index contributed by atoms with van der Waals surface area (Å²) in [4.78, 5) is 15.0. The van der Waals surface area contributed by atoms with Crippen LogP contribution in [0, 0.1) is 0 Å². The molecule has 0 radical (unpaired) electrons. The van der Waals surface area contributed by atoms with Crippen LogP contribution in [-0.2, 0) is 5.41 Å². The highest BCUT2D eigenvalue weighted by atomic mass is 16.3. The van der Waals surface area contributed by atoms with Gasteiger partial charge in [-0.15, -0.1) is 0 Å². The normalized spacial score (nSPS) is 12.8. The van der Waals surface area contributed by atoms with E-state index in [2.05, 4.69) is 188 Å². The molecular formula is C66H44N4O. The molecular weight excluding hydrogens is 865 g/mol. The number of hydrogen-bond donors (Lipinski definition) is 0. The molecule has 0 amide bonds. The topological polar surface area (TPSA) is 56.7 Å². The lowest BCUT2D eigenvalue weighted by Crippen LogP contribution is -2.16. The maximum Gasteiger partial charge on any atom is 0.164 e. The van der Waals surface area contributed by atoms with Crippen LogP contribution in [0.1, 0.15) is 25.0 Å². The fourth-order valence-electron chi connectivity index (χ4n) is 11.3. The first-order chi connectivity index (χ1) is 35.0. The maximum absolute atomic E-state index is 6.91. The van der Waals surface area contributed by atoms with Crippen molar-refractivity contribution in [1.82, 2.24) is 19.5 Å². The van der Waals surface area contributed by atoms with E-state index in [1.807, 2.05) is 60.7 Å². The van der Waals surface area contributed by atoms with Crippen molar-refractivity contribution in [2.75, 3.05) is 0 Å². The average molecular weight is 909 g/mol. The third kappa shape index (κ3) is 6.51. The van der Waals surface area contributed by atoms with Crippen LogP contribution in [0.3, 0.4) is 0 Å². The van der Waals surface area contributed by atoms with Crippen LogP contribution in [0.5, 0.6) is 0 Å². The van der Waals surface area contributed by atoms with E-state index in [9.17, 15) is 0 Å². The molecule has 1 aliphatic carbocycles. The first-order valence-corrected chi connectivity index (χ1v) is 24.3. The molecule has 0 fully saturated rings. The number of fused-ring (bicyclic) bond motifs is 10. The summed E-state index contributed by atoms with van der Waals surface area (Å²) in [5.74, 6) is 1.87. The minimum absolute atomic E-state index is 0.238. The molecule has 0 N–H and O–H groups in total. The van der Waals surface area contributed by atoms with Gasteiger partial charge in [-0.05, 0) is 87.0 Å². The number of furan rings is 1. The Labute approximate surface area is 411 Å². The van der Waals surface area contributed by atoms with Crippen LogP contribution < -0.4 is 0 Å². The van der Waals surface area contributed by atoms with Crippen molar-refractivity contribution < 1.29 is 4.42 Å². The minimum atomic E-state index is -0.238. The predicted octanol–water partition coefficient (Wildman–Crippen LogP) is 17.2. The van der Waals surface area contributed by atoms with Gasteiger partial charge in [0.2, 0.25) is 0 Å². The average Bonchev–Trinajstić information content (AvgIpc) is 4.06. The second-order valence-electron chi connectivity index (χ2n) is 19.1. The lowest BCUT2D eigenvalue weighted by molar-refractivity contribution is 0.662. The zero-order valence-electron chi connectivity index (χ0n) is 39.1. The van der Waals surface area contributed by atoms with Crippen molar-refractivity contribution in [3.63, 3.8) is 0 Å². The third-order valence-corrected chi connectivity index (χ3v) is 14.6. The first-order valence-electron chi connectivity index (χ1n) is 24.3. The van der Waals surface area contributed by atoms with Gasteiger partial charge >= 0.3 is 0 Å². The predicted molar refractivity (Wildman–Crippen MR) is 292 cm³/mol. The molecule has 0 saturated carbocycles. The molecule has 0 atom stereocenters. The second-order valence-corrected chi connectivity index (χ2v) is 19.1. The van der Waals surface area contributed by atoms with Crippen LogP contribution in [0.2, 0.25) is 0 Å². The molecule has 5 heteroatoms. The van der Waals surface area contributed by atoms with E-state index in [1.54, 1.807) is 0 Å². The summed E-state index contributed by atoms with van der Waals surface area (Å²) in [6.45, 7) is 4.78. The highest BCUT2D eigenvalue weighted by Crippen LogP contribution is 2.56. The summed E-state index contributed by atoms with van der Waals surface area (Å²) in [7, 11) is 0. The van der Waals surface area contributed by atoms with Gasteiger partial charge in [0.05, 0.1) is 11.0 Å². The Hall–Kier alpha value is -9.19. The summed E-state index contributed by atoms with van der Waals surface area (Å²) < 4.78 is 9.42. The Kier molecular flexibility index (Phi) is 9.17. The van der Waals surface area contributed by atoms with Gasteiger partial charge in [0.25, 0.3) is 0 Å². The summed E-state index contributed by atoms with van der Waals surface area (Å²) in [5.41, 5.74) is 19.8.